The fraction of sp³-hybridized carbons (Fsp3) is 0.500. The highest BCUT2D eigenvalue weighted by Crippen LogP contribution is 2.32. The lowest BCUT2D eigenvalue weighted by molar-refractivity contribution is 0.192. The van der Waals surface area contributed by atoms with Gasteiger partial charge in [-0.25, -0.2) is 4.79 Å². The largest absolute Gasteiger partial charge is 0.494 e. The Morgan fingerprint density at radius 1 is 1.32 bits per heavy atom. The molecule has 118 valence electrons. The van der Waals surface area contributed by atoms with Crippen LogP contribution in [0.5, 0.6) is 5.75 Å². The van der Waals surface area contributed by atoms with E-state index in [9.17, 15) is 4.79 Å². The summed E-state index contributed by atoms with van der Waals surface area (Å²) in [5.41, 5.74) is 0.821. The lowest BCUT2D eigenvalue weighted by atomic mass is 10.1. The van der Waals surface area contributed by atoms with Crippen LogP contribution in [0.4, 0.5) is 10.5 Å². The third-order valence-corrected chi connectivity index (χ3v) is 4.42. The topological polar surface area (TPSA) is 41.6 Å². The van der Waals surface area contributed by atoms with Crippen molar-refractivity contribution in [3.63, 3.8) is 0 Å². The van der Waals surface area contributed by atoms with Crippen molar-refractivity contribution in [1.82, 2.24) is 4.90 Å². The van der Waals surface area contributed by atoms with E-state index in [1.54, 1.807) is 0 Å². The van der Waals surface area contributed by atoms with Crippen LogP contribution in [0.3, 0.4) is 0 Å². The molecular formula is C18H24N2O2. The predicted octanol–water partition coefficient (Wildman–Crippen LogP) is 4.19. The first-order valence-electron chi connectivity index (χ1n) is 8.27. The van der Waals surface area contributed by atoms with Gasteiger partial charge in [0.1, 0.15) is 5.75 Å². The summed E-state index contributed by atoms with van der Waals surface area (Å²) in [4.78, 5) is 14.5. The SMILES string of the molecule is CCCCOc1ccc(NC(=O)N2C3C=CCC2CC3)cc1. The van der Waals surface area contributed by atoms with E-state index >= 15 is 0 Å². The van der Waals surface area contributed by atoms with Crippen LogP contribution < -0.4 is 10.1 Å². The molecule has 1 aromatic rings. The molecule has 0 aliphatic carbocycles. The third-order valence-electron chi connectivity index (χ3n) is 4.42. The lowest BCUT2D eigenvalue weighted by Crippen LogP contribution is -2.44. The van der Waals surface area contributed by atoms with E-state index in [-0.39, 0.29) is 12.1 Å². The molecule has 0 spiro atoms. The Morgan fingerprint density at radius 2 is 2.14 bits per heavy atom. The molecule has 0 saturated carbocycles. The molecule has 2 aliphatic rings. The number of nitrogens with one attached hydrogen (secondary N) is 1. The third kappa shape index (κ3) is 3.26. The summed E-state index contributed by atoms with van der Waals surface area (Å²) in [7, 11) is 0. The number of unbranched alkanes of at least 4 members (excludes halogenated alkanes) is 1. The number of nitrogens with zero attached hydrogens (tertiary/aromatic N) is 1. The predicted molar refractivity (Wildman–Crippen MR) is 88.3 cm³/mol. The van der Waals surface area contributed by atoms with E-state index < -0.39 is 0 Å². The first-order chi connectivity index (χ1) is 10.8. The van der Waals surface area contributed by atoms with Gasteiger partial charge in [0.05, 0.1) is 12.6 Å². The smallest absolute Gasteiger partial charge is 0.322 e. The minimum absolute atomic E-state index is 0.0106. The number of benzene rings is 1. The minimum Gasteiger partial charge on any atom is -0.494 e. The Hall–Kier alpha value is -1.97. The maximum Gasteiger partial charge on any atom is 0.322 e. The van der Waals surface area contributed by atoms with E-state index in [1.165, 1.54) is 0 Å². The number of rotatable bonds is 5. The number of urea groups is 1. The summed E-state index contributed by atoms with van der Waals surface area (Å²) >= 11 is 0. The summed E-state index contributed by atoms with van der Waals surface area (Å²) in [5.74, 6) is 0.854. The summed E-state index contributed by atoms with van der Waals surface area (Å²) in [6, 6.07) is 8.28. The average Bonchev–Trinajstić information content (AvgIpc) is 2.79. The van der Waals surface area contributed by atoms with Gasteiger partial charge < -0.3 is 15.0 Å². The Kier molecular flexibility index (Phi) is 4.66. The van der Waals surface area contributed by atoms with Crippen LogP contribution in [0.15, 0.2) is 36.4 Å². The van der Waals surface area contributed by atoms with Crippen molar-refractivity contribution in [2.45, 2.75) is 51.1 Å². The van der Waals surface area contributed by atoms with Crippen LogP contribution in [-0.2, 0) is 0 Å². The highest BCUT2D eigenvalue weighted by atomic mass is 16.5. The van der Waals surface area contributed by atoms with E-state index in [2.05, 4.69) is 24.4 Å². The molecule has 0 radical (unpaired) electrons. The zero-order valence-electron chi connectivity index (χ0n) is 13.1. The number of anilines is 1. The Morgan fingerprint density at radius 3 is 2.86 bits per heavy atom. The second kappa shape index (κ2) is 6.86. The summed E-state index contributed by atoms with van der Waals surface area (Å²) in [5, 5.41) is 3.00. The van der Waals surface area contributed by atoms with Crippen molar-refractivity contribution in [2.75, 3.05) is 11.9 Å². The number of fused-ring (bicyclic) bond motifs is 2. The van der Waals surface area contributed by atoms with Crippen molar-refractivity contribution >= 4 is 11.7 Å². The maximum absolute atomic E-state index is 12.5. The van der Waals surface area contributed by atoms with Gasteiger partial charge in [0.2, 0.25) is 0 Å². The number of amides is 2. The molecule has 4 nitrogen and oxygen atoms in total. The molecule has 3 rings (SSSR count). The molecule has 4 heteroatoms. The molecule has 2 heterocycles. The lowest BCUT2D eigenvalue weighted by Gasteiger charge is -2.31. The monoisotopic (exact) mass is 300 g/mol. The normalized spacial score (nSPS) is 22.7. The average molecular weight is 300 g/mol. The number of hydrogen-bond donors (Lipinski definition) is 1. The number of hydrogen-bond acceptors (Lipinski definition) is 2. The second-order valence-electron chi connectivity index (χ2n) is 6.03. The molecule has 2 unspecified atom stereocenters. The van der Waals surface area contributed by atoms with Crippen LogP contribution in [0.1, 0.15) is 39.0 Å². The summed E-state index contributed by atoms with van der Waals surface area (Å²) in [6.45, 7) is 2.89. The Labute approximate surface area is 132 Å². The van der Waals surface area contributed by atoms with Crippen LogP contribution in [0, 0.1) is 0 Å². The van der Waals surface area contributed by atoms with Crippen molar-refractivity contribution in [1.29, 1.82) is 0 Å². The molecule has 2 aliphatic heterocycles. The Balaban J connectivity index is 1.56. The quantitative estimate of drug-likeness (QED) is 0.654. The second-order valence-corrected chi connectivity index (χ2v) is 6.03. The van der Waals surface area contributed by atoms with Crippen LogP contribution >= 0.6 is 0 Å². The highest BCUT2D eigenvalue weighted by molar-refractivity contribution is 5.90. The van der Waals surface area contributed by atoms with Gasteiger partial charge in [0.15, 0.2) is 0 Å². The van der Waals surface area contributed by atoms with Gasteiger partial charge in [-0.15, -0.1) is 0 Å². The first kappa shape index (κ1) is 14.9. The van der Waals surface area contributed by atoms with Gasteiger partial charge >= 0.3 is 6.03 Å². The first-order valence-corrected chi connectivity index (χ1v) is 8.27. The van der Waals surface area contributed by atoms with Crippen molar-refractivity contribution in [2.24, 2.45) is 0 Å². The highest BCUT2D eigenvalue weighted by Gasteiger charge is 2.37. The molecule has 1 aromatic carbocycles. The van der Waals surface area contributed by atoms with Gasteiger partial charge in [-0.05, 0) is 49.9 Å². The molecule has 1 N–H and O–H groups in total. The molecule has 0 aromatic heterocycles. The summed E-state index contributed by atoms with van der Waals surface area (Å²) in [6.07, 6.45) is 9.72. The van der Waals surface area contributed by atoms with E-state index in [0.717, 1.165) is 50.1 Å². The van der Waals surface area contributed by atoms with Crippen LogP contribution in [0.2, 0.25) is 0 Å². The van der Waals surface area contributed by atoms with Gasteiger partial charge in [-0.1, -0.05) is 25.5 Å². The van der Waals surface area contributed by atoms with Crippen molar-refractivity contribution in [3.8, 4) is 5.75 Å². The van der Waals surface area contributed by atoms with Gasteiger partial charge in [0, 0.05) is 11.7 Å². The standard InChI is InChI=1S/C18H24N2O2/c1-2-3-13-22-17-11-7-14(8-12-17)19-18(21)20-15-5-4-6-16(20)10-9-15/h4-5,7-8,11-12,15-16H,2-3,6,9-10,13H2,1H3,(H,19,21). The van der Waals surface area contributed by atoms with Crippen LogP contribution in [0.25, 0.3) is 0 Å². The molecule has 22 heavy (non-hydrogen) atoms. The molecule has 1 fully saturated rings. The number of carbonyl (C=O) groups is 1. The van der Waals surface area contributed by atoms with E-state index in [1.807, 2.05) is 29.2 Å². The number of ether oxygens (including phenoxy) is 1. The fourth-order valence-electron chi connectivity index (χ4n) is 3.20. The zero-order chi connectivity index (χ0) is 15.4. The van der Waals surface area contributed by atoms with E-state index in [0.29, 0.717) is 6.04 Å². The van der Waals surface area contributed by atoms with Crippen molar-refractivity contribution < 1.29 is 9.53 Å². The fourth-order valence-corrected chi connectivity index (χ4v) is 3.20. The maximum atomic E-state index is 12.5. The van der Waals surface area contributed by atoms with E-state index in [4.69, 9.17) is 4.74 Å². The summed E-state index contributed by atoms with van der Waals surface area (Å²) < 4.78 is 5.63. The Bertz CT molecular complexity index is 539. The molecule has 2 bridgehead atoms. The molecule has 2 atom stereocenters. The minimum atomic E-state index is 0.0106. The molecule has 1 saturated heterocycles. The van der Waals surface area contributed by atoms with Crippen LogP contribution in [-0.4, -0.2) is 29.6 Å². The van der Waals surface area contributed by atoms with Crippen molar-refractivity contribution in [3.05, 3.63) is 36.4 Å². The van der Waals surface area contributed by atoms with Gasteiger partial charge in [-0.2, -0.15) is 0 Å². The van der Waals surface area contributed by atoms with Gasteiger partial charge in [-0.3, -0.25) is 0 Å². The van der Waals surface area contributed by atoms with Gasteiger partial charge in [0.25, 0.3) is 0 Å². The molecular weight excluding hydrogens is 276 g/mol. The zero-order valence-corrected chi connectivity index (χ0v) is 13.1. The number of carbonyl (C=O) groups excluding carboxylic acids is 1. The molecule has 2 amide bonds.